The van der Waals surface area contributed by atoms with E-state index in [1.165, 1.54) is 13.2 Å². The van der Waals surface area contributed by atoms with Crippen molar-refractivity contribution < 1.29 is 27.8 Å². The van der Waals surface area contributed by atoms with E-state index in [-0.39, 0.29) is 11.9 Å². The van der Waals surface area contributed by atoms with Gasteiger partial charge in [0.15, 0.2) is 11.5 Å². The van der Waals surface area contributed by atoms with Gasteiger partial charge in [0, 0.05) is 0 Å². The summed E-state index contributed by atoms with van der Waals surface area (Å²) in [7, 11) is 1.31. The maximum Gasteiger partial charge on any atom is 0.387 e. The highest BCUT2D eigenvalue weighted by Gasteiger charge is 2.21. The van der Waals surface area contributed by atoms with Crippen molar-refractivity contribution in [2.45, 2.75) is 32.0 Å². The molecule has 4 nitrogen and oxygen atoms in total. The van der Waals surface area contributed by atoms with E-state index in [1.54, 1.807) is 18.2 Å². The molecule has 0 spiro atoms. The number of ether oxygens (including phenoxy) is 3. The third-order valence-corrected chi connectivity index (χ3v) is 2.51. The summed E-state index contributed by atoms with van der Waals surface area (Å²) in [6, 6.07) is 6.52. The molecular weight excluding hydrogens is 258 g/mol. The molecule has 0 aromatic heterocycles. The van der Waals surface area contributed by atoms with Gasteiger partial charge < -0.3 is 14.2 Å². The van der Waals surface area contributed by atoms with Gasteiger partial charge in [0.1, 0.15) is 0 Å². The molecule has 1 fully saturated rings. The first kappa shape index (κ1) is 15.2. The van der Waals surface area contributed by atoms with Crippen molar-refractivity contribution in [2.24, 2.45) is 0 Å². The van der Waals surface area contributed by atoms with E-state index in [1.807, 2.05) is 0 Å². The SMILES string of the molecule is COC=O.FC(F)Oc1ccccc1OC1CCC1. The van der Waals surface area contributed by atoms with Gasteiger partial charge in [-0.15, -0.1) is 0 Å². The summed E-state index contributed by atoms with van der Waals surface area (Å²) in [6.45, 7) is -2.43. The summed E-state index contributed by atoms with van der Waals surface area (Å²) in [5.41, 5.74) is 0. The molecule has 0 atom stereocenters. The van der Waals surface area contributed by atoms with Crippen molar-refractivity contribution in [3.63, 3.8) is 0 Å². The Hall–Kier alpha value is -1.85. The largest absolute Gasteiger partial charge is 0.487 e. The van der Waals surface area contributed by atoms with Gasteiger partial charge in [0.2, 0.25) is 0 Å². The molecular formula is C13H16F2O4. The van der Waals surface area contributed by atoms with Crippen LogP contribution in [0.15, 0.2) is 24.3 Å². The van der Waals surface area contributed by atoms with E-state index >= 15 is 0 Å². The van der Waals surface area contributed by atoms with E-state index in [9.17, 15) is 8.78 Å². The predicted molar refractivity (Wildman–Crippen MR) is 64.4 cm³/mol. The lowest BCUT2D eigenvalue weighted by Gasteiger charge is -2.27. The summed E-state index contributed by atoms with van der Waals surface area (Å²) in [5, 5.41) is 0. The first-order valence-electron chi connectivity index (χ1n) is 5.84. The molecule has 2 rings (SSSR count). The van der Waals surface area contributed by atoms with Crippen LogP contribution in [0, 0.1) is 0 Å². The summed E-state index contributed by atoms with van der Waals surface area (Å²) >= 11 is 0. The molecule has 0 saturated heterocycles. The third-order valence-electron chi connectivity index (χ3n) is 2.51. The Morgan fingerprint density at radius 1 is 1.26 bits per heavy atom. The number of halogens is 2. The molecule has 0 heterocycles. The fourth-order valence-corrected chi connectivity index (χ4v) is 1.41. The Balaban J connectivity index is 0.000000399. The third kappa shape index (κ3) is 5.54. The topological polar surface area (TPSA) is 44.8 Å². The molecule has 1 saturated carbocycles. The first-order valence-corrected chi connectivity index (χ1v) is 5.84. The smallest absolute Gasteiger partial charge is 0.387 e. The van der Waals surface area contributed by atoms with Gasteiger partial charge in [-0.05, 0) is 31.4 Å². The van der Waals surface area contributed by atoms with Crippen molar-refractivity contribution in [1.29, 1.82) is 0 Å². The van der Waals surface area contributed by atoms with E-state index in [0.29, 0.717) is 12.2 Å². The Morgan fingerprint density at radius 2 is 1.84 bits per heavy atom. The molecule has 0 unspecified atom stereocenters. The van der Waals surface area contributed by atoms with Crippen molar-refractivity contribution in [2.75, 3.05) is 7.11 Å². The van der Waals surface area contributed by atoms with E-state index < -0.39 is 6.61 Å². The van der Waals surface area contributed by atoms with Crippen LogP contribution in [-0.4, -0.2) is 26.3 Å². The molecule has 0 radical (unpaired) electrons. The fourth-order valence-electron chi connectivity index (χ4n) is 1.41. The van der Waals surface area contributed by atoms with E-state index in [2.05, 4.69) is 9.47 Å². The van der Waals surface area contributed by atoms with Gasteiger partial charge in [-0.25, -0.2) is 0 Å². The van der Waals surface area contributed by atoms with Crippen LogP contribution in [0.3, 0.4) is 0 Å². The number of hydrogen-bond donors (Lipinski definition) is 0. The second-order valence-electron chi connectivity index (χ2n) is 3.83. The Kier molecular flexibility index (Phi) is 6.63. The van der Waals surface area contributed by atoms with Crippen LogP contribution in [0.5, 0.6) is 11.5 Å². The lowest BCUT2D eigenvalue weighted by Crippen LogP contribution is -2.24. The van der Waals surface area contributed by atoms with Gasteiger partial charge in [0.25, 0.3) is 6.47 Å². The number of methoxy groups -OCH3 is 1. The van der Waals surface area contributed by atoms with Crippen LogP contribution in [-0.2, 0) is 9.53 Å². The summed E-state index contributed by atoms with van der Waals surface area (Å²) in [6.07, 6.45) is 3.28. The second kappa shape index (κ2) is 8.29. The minimum absolute atomic E-state index is 0.111. The lowest BCUT2D eigenvalue weighted by atomic mass is 9.96. The number of alkyl halides is 2. The van der Waals surface area contributed by atoms with Crippen LogP contribution in [0.4, 0.5) is 8.78 Å². The number of rotatable bonds is 5. The second-order valence-corrected chi connectivity index (χ2v) is 3.83. The minimum atomic E-state index is -2.81. The zero-order valence-corrected chi connectivity index (χ0v) is 10.6. The quantitative estimate of drug-likeness (QED) is 0.774. The van der Waals surface area contributed by atoms with Crippen LogP contribution in [0.1, 0.15) is 19.3 Å². The number of carbonyl (C=O) groups excluding carboxylic acids is 1. The zero-order valence-electron chi connectivity index (χ0n) is 10.6. The Labute approximate surface area is 110 Å². The molecule has 0 N–H and O–H groups in total. The Morgan fingerprint density at radius 3 is 2.26 bits per heavy atom. The fraction of sp³-hybridized carbons (Fsp3) is 0.462. The molecule has 1 aliphatic carbocycles. The average molecular weight is 274 g/mol. The summed E-state index contributed by atoms with van der Waals surface area (Å²) in [4.78, 5) is 8.95. The van der Waals surface area contributed by atoms with E-state index in [4.69, 9.17) is 9.53 Å². The zero-order chi connectivity index (χ0) is 14.1. The number of carbonyl (C=O) groups is 1. The predicted octanol–water partition coefficient (Wildman–Crippen LogP) is 3.01. The van der Waals surface area contributed by atoms with Crippen molar-refractivity contribution in [3.05, 3.63) is 24.3 Å². The monoisotopic (exact) mass is 274 g/mol. The number of benzene rings is 1. The maximum atomic E-state index is 12.1. The Bertz CT molecular complexity index is 381. The van der Waals surface area contributed by atoms with Crippen molar-refractivity contribution in [3.8, 4) is 11.5 Å². The van der Waals surface area contributed by atoms with Crippen LogP contribution >= 0.6 is 0 Å². The number of hydrogen-bond acceptors (Lipinski definition) is 4. The normalized spacial score (nSPS) is 13.9. The standard InChI is InChI=1S/C11H12F2O2.C2H4O2/c12-11(13)15-10-7-2-1-6-9(10)14-8-4-3-5-8;1-4-2-3/h1-2,6-8,11H,3-5H2;2H,1H3. The van der Waals surface area contributed by atoms with Crippen LogP contribution in [0.25, 0.3) is 0 Å². The molecule has 6 heteroatoms. The molecule has 0 amide bonds. The molecule has 1 aliphatic rings. The highest BCUT2D eigenvalue weighted by Crippen LogP contribution is 2.32. The van der Waals surface area contributed by atoms with Gasteiger partial charge in [0.05, 0.1) is 13.2 Å². The van der Waals surface area contributed by atoms with Crippen molar-refractivity contribution in [1.82, 2.24) is 0 Å². The van der Waals surface area contributed by atoms with Crippen LogP contribution in [0.2, 0.25) is 0 Å². The van der Waals surface area contributed by atoms with E-state index in [0.717, 1.165) is 19.3 Å². The highest BCUT2D eigenvalue weighted by atomic mass is 19.3. The highest BCUT2D eigenvalue weighted by molar-refractivity contribution is 5.39. The molecule has 19 heavy (non-hydrogen) atoms. The molecule has 1 aromatic rings. The van der Waals surface area contributed by atoms with Gasteiger partial charge in [-0.1, -0.05) is 12.1 Å². The molecule has 1 aromatic carbocycles. The van der Waals surface area contributed by atoms with Gasteiger partial charge in [-0.2, -0.15) is 8.78 Å². The van der Waals surface area contributed by atoms with Crippen LogP contribution < -0.4 is 9.47 Å². The summed E-state index contributed by atoms with van der Waals surface area (Å²) in [5.74, 6) is 0.516. The molecule has 106 valence electrons. The summed E-state index contributed by atoms with van der Waals surface area (Å²) < 4.78 is 37.9. The lowest BCUT2D eigenvalue weighted by molar-refractivity contribution is -0.126. The van der Waals surface area contributed by atoms with Crippen molar-refractivity contribution >= 4 is 6.47 Å². The minimum Gasteiger partial charge on any atom is -0.487 e. The van der Waals surface area contributed by atoms with Gasteiger partial charge in [-0.3, -0.25) is 4.79 Å². The first-order chi connectivity index (χ1) is 9.17. The average Bonchev–Trinajstić information content (AvgIpc) is 2.35. The molecule has 0 bridgehead atoms. The van der Waals surface area contributed by atoms with Gasteiger partial charge >= 0.3 is 6.61 Å². The number of para-hydroxylation sites is 2. The molecule has 0 aliphatic heterocycles. The maximum absolute atomic E-state index is 12.1.